The van der Waals surface area contributed by atoms with Gasteiger partial charge in [0.1, 0.15) is 5.52 Å². The number of nitrogens with one attached hydrogen (secondary N) is 1. The molecule has 106 valence electrons. The molecule has 0 aliphatic heterocycles. The second-order valence-corrected chi connectivity index (χ2v) is 5.86. The molecule has 1 aromatic carbocycles. The molecule has 3 N–H and O–H groups in total. The average Bonchev–Trinajstić information content (AvgIpc) is 2.46. The Hall–Kier alpha value is -1.92. The summed E-state index contributed by atoms with van der Waals surface area (Å²) in [6.07, 6.45) is 1.70. The maximum atomic E-state index is 11.4. The number of hydrogen-bond acceptors (Lipinski definition) is 4. The molecule has 1 unspecified atom stereocenters. The van der Waals surface area contributed by atoms with Gasteiger partial charge in [-0.25, -0.2) is 4.79 Å². The maximum absolute atomic E-state index is 11.4. The van der Waals surface area contributed by atoms with E-state index in [1.807, 2.05) is 30.3 Å². The number of benzene rings is 1. The van der Waals surface area contributed by atoms with Gasteiger partial charge in [0.15, 0.2) is 5.82 Å². The Morgan fingerprint density at radius 2 is 1.95 bits per heavy atom. The molecule has 3 aromatic rings. The molecule has 0 aliphatic carbocycles. The molecule has 2 aromatic heterocycles. The van der Waals surface area contributed by atoms with Crippen LogP contribution in [0.25, 0.3) is 11.0 Å². The molecule has 0 aliphatic rings. The molecular weight excluding hydrogens is 356 g/mol. The smallest absolute Gasteiger partial charge is 0.347 e. The van der Waals surface area contributed by atoms with Gasteiger partial charge < -0.3 is 10.7 Å². The number of hydrogen-bond donors (Lipinski definition) is 2. The van der Waals surface area contributed by atoms with E-state index in [0.717, 1.165) is 11.1 Å². The van der Waals surface area contributed by atoms with Crippen LogP contribution in [0.1, 0.15) is 16.0 Å². The normalized spacial score (nSPS) is 12.5. The lowest BCUT2D eigenvalue weighted by molar-refractivity contribution is 1.09. The molecule has 3 rings (SSSR count). The van der Waals surface area contributed by atoms with Crippen LogP contribution >= 0.6 is 27.5 Å². The van der Waals surface area contributed by atoms with E-state index in [-0.39, 0.29) is 10.6 Å². The Balaban J connectivity index is 2.08. The van der Waals surface area contributed by atoms with Crippen LogP contribution in [0.2, 0.25) is 5.02 Å². The number of H-pyrrole nitrogens is 1. The van der Waals surface area contributed by atoms with Crippen molar-refractivity contribution >= 4 is 44.4 Å². The average molecular weight is 366 g/mol. The summed E-state index contributed by atoms with van der Waals surface area (Å²) in [5, 5.41) is 0.679. The molecule has 5 nitrogen and oxygen atoms in total. The lowest BCUT2D eigenvalue weighted by Gasteiger charge is -2.11. The number of nitrogens with zero attached hydrogens (tertiary/aromatic N) is 2. The van der Waals surface area contributed by atoms with Crippen LogP contribution in [-0.2, 0) is 0 Å². The van der Waals surface area contributed by atoms with Crippen LogP contribution in [0, 0.1) is 0 Å². The van der Waals surface area contributed by atoms with E-state index >= 15 is 0 Å². The van der Waals surface area contributed by atoms with Crippen molar-refractivity contribution in [2.24, 2.45) is 0 Å². The molecule has 2 heterocycles. The van der Waals surface area contributed by atoms with Crippen molar-refractivity contribution in [2.45, 2.75) is 4.83 Å². The zero-order valence-electron chi connectivity index (χ0n) is 10.7. The summed E-state index contributed by atoms with van der Waals surface area (Å²) in [5.74, 6) is 0.123. The van der Waals surface area contributed by atoms with Crippen LogP contribution in [0.5, 0.6) is 0 Å². The molecule has 0 radical (unpaired) electrons. The molecule has 7 heteroatoms. The van der Waals surface area contributed by atoms with E-state index < -0.39 is 5.69 Å². The molecule has 0 saturated carbocycles. The van der Waals surface area contributed by atoms with E-state index in [2.05, 4.69) is 30.9 Å². The van der Waals surface area contributed by atoms with Gasteiger partial charge >= 0.3 is 5.69 Å². The van der Waals surface area contributed by atoms with Crippen molar-refractivity contribution < 1.29 is 0 Å². The van der Waals surface area contributed by atoms with Gasteiger partial charge in [-0.15, -0.1) is 0 Å². The van der Waals surface area contributed by atoms with Crippen LogP contribution in [0.15, 0.2) is 41.3 Å². The molecule has 0 spiro atoms. The largest absolute Gasteiger partial charge is 0.382 e. The van der Waals surface area contributed by atoms with Gasteiger partial charge in [-0.2, -0.15) is 4.98 Å². The molecule has 0 saturated heterocycles. The number of rotatable bonds is 2. The fourth-order valence-corrected chi connectivity index (χ4v) is 2.73. The van der Waals surface area contributed by atoms with Gasteiger partial charge in [-0.1, -0.05) is 39.7 Å². The maximum Gasteiger partial charge on any atom is 0.347 e. The third-order valence-electron chi connectivity index (χ3n) is 3.07. The summed E-state index contributed by atoms with van der Waals surface area (Å²) in [7, 11) is 0. The number of aromatic nitrogens is 3. The summed E-state index contributed by atoms with van der Waals surface area (Å²) in [5.41, 5.74) is 8.17. The number of aromatic amines is 1. The quantitative estimate of drug-likeness (QED) is 0.684. The second-order valence-electron chi connectivity index (χ2n) is 4.51. The topological polar surface area (TPSA) is 84.7 Å². The van der Waals surface area contributed by atoms with Crippen molar-refractivity contribution in [1.82, 2.24) is 15.0 Å². The van der Waals surface area contributed by atoms with Crippen molar-refractivity contribution in [3.63, 3.8) is 0 Å². The first-order valence-electron chi connectivity index (χ1n) is 6.09. The Labute approximate surface area is 133 Å². The molecule has 1 atom stereocenters. The van der Waals surface area contributed by atoms with Crippen LogP contribution < -0.4 is 11.4 Å². The minimum atomic E-state index is -0.489. The number of alkyl halides is 1. The minimum Gasteiger partial charge on any atom is -0.382 e. The molecule has 0 fully saturated rings. The van der Waals surface area contributed by atoms with Crippen LogP contribution in [0.3, 0.4) is 0 Å². The fourth-order valence-electron chi connectivity index (χ4n) is 2.05. The van der Waals surface area contributed by atoms with Gasteiger partial charge in [-0.3, -0.25) is 4.98 Å². The lowest BCUT2D eigenvalue weighted by Crippen LogP contribution is -2.13. The van der Waals surface area contributed by atoms with Gasteiger partial charge in [0.05, 0.1) is 10.3 Å². The summed E-state index contributed by atoms with van der Waals surface area (Å²) in [6, 6.07) is 9.33. The lowest BCUT2D eigenvalue weighted by atomic mass is 10.1. The third-order valence-corrected chi connectivity index (χ3v) is 4.38. The van der Waals surface area contributed by atoms with Gasteiger partial charge in [-0.05, 0) is 29.3 Å². The molecule has 0 bridgehead atoms. The highest BCUT2D eigenvalue weighted by molar-refractivity contribution is 9.09. The van der Waals surface area contributed by atoms with E-state index in [1.165, 1.54) is 0 Å². The van der Waals surface area contributed by atoms with E-state index in [9.17, 15) is 4.79 Å². The number of pyridine rings is 1. The zero-order chi connectivity index (χ0) is 15.0. The highest BCUT2D eigenvalue weighted by atomic mass is 79.9. The first-order valence-corrected chi connectivity index (χ1v) is 7.39. The van der Waals surface area contributed by atoms with Crippen molar-refractivity contribution in [3.8, 4) is 0 Å². The van der Waals surface area contributed by atoms with Gasteiger partial charge in [0.2, 0.25) is 0 Å². The predicted octanol–water partition coefficient (Wildman–Crippen LogP) is 3.04. The van der Waals surface area contributed by atoms with Crippen LogP contribution in [0.4, 0.5) is 5.82 Å². The van der Waals surface area contributed by atoms with E-state index in [0.29, 0.717) is 16.1 Å². The fraction of sp³-hybridized carbons (Fsp3) is 0.0714. The number of fused-ring (bicyclic) bond motifs is 1. The SMILES string of the molecule is Nc1nc(=O)[nH]c2cc(C(Br)c3ccc(Cl)cc3)cnc12. The zero-order valence-corrected chi connectivity index (χ0v) is 13.0. The van der Waals surface area contributed by atoms with Crippen molar-refractivity contribution in [2.75, 3.05) is 5.73 Å². The Morgan fingerprint density at radius 1 is 1.24 bits per heavy atom. The number of nitrogen functional groups attached to an aromatic ring is 1. The third kappa shape index (κ3) is 2.77. The highest BCUT2D eigenvalue weighted by Crippen LogP contribution is 2.32. The Morgan fingerprint density at radius 3 is 2.67 bits per heavy atom. The summed E-state index contributed by atoms with van der Waals surface area (Å²) in [6.45, 7) is 0. The highest BCUT2D eigenvalue weighted by Gasteiger charge is 2.13. The first-order chi connectivity index (χ1) is 10.0. The summed E-state index contributed by atoms with van der Waals surface area (Å²) >= 11 is 9.51. The van der Waals surface area contributed by atoms with Crippen molar-refractivity contribution in [1.29, 1.82) is 0 Å². The number of halogens is 2. The van der Waals surface area contributed by atoms with E-state index in [1.54, 1.807) is 6.20 Å². The van der Waals surface area contributed by atoms with E-state index in [4.69, 9.17) is 17.3 Å². The van der Waals surface area contributed by atoms with Gasteiger partial charge in [0.25, 0.3) is 0 Å². The number of nitrogens with two attached hydrogens (primary N) is 1. The summed E-state index contributed by atoms with van der Waals surface area (Å²) in [4.78, 5) is 21.9. The Kier molecular flexibility index (Phi) is 3.65. The second kappa shape index (κ2) is 5.46. The minimum absolute atomic E-state index is 0.0652. The molecule has 21 heavy (non-hydrogen) atoms. The van der Waals surface area contributed by atoms with Crippen molar-refractivity contribution in [3.05, 3.63) is 63.2 Å². The number of anilines is 1. The first kappa shape index (κ1) is 14.0. The Bertz CT molecular complexity index is 863. The monoisotopic (exact) mass is 364 g/mol. The van der Waals surface area contributed by atoms with Gasteiger partial charge in [0, 0.05) is 11.2 Å². The summed E-state index contributed by atoms with van der Waals surface area (Å²) < 4.78 is 0. The standard InChI is InChI=1S/C14H10BrClN4O/c15-11(7-1-3-9(16)4-2-7)8-5-10-12(18-6-8)13(17)20-14(21)19-10/h1-6,11H,(H3,17,19,20,21). The predicted molar refractivity (Wildman–Crippen MR) is 86.8 cm³/mol. The van der Waals surface area contributed by atoms with Crippen LogP contribution in [-0.4, -0.2) is 15.0 Å². The molecular formula is C14H10BrClN4O. The molecule has 0 amide bonds.